The molecule has 0 N–H and O–H groups in total. The summed E-state index contributed by atoms with van der Waals surface area (Å²) in [5.41, 5.74) is 1.95. The zero-order chi connectivity index (χ0) is 20.6. The fraction of sp³-hybridized carbons (Fsp3) is 0.500. The van der Waals surface area contributed by atoms with Gasteiger partial charge in [-0.3, -0.25) is 14.7 Å². The molecule has 6 nitrogen and oxygen atoms in total. The van der Waals surface area contributed by atoms with Crippen molar-refractivity contribution >= 4 is 5.91 Å². The average molecular weight is 410 g/mol. The van der Waals surface area contributed by atoms with Crippen LogP contribution in [-0.4, -0.2) is 72.7 Å². The predicted molar refractivity (Wildman–Crippen MR) is 116 cm³/mol. The molecule has 0 spiro atoms. The fourth-order valence-corrected chi connectivity index (χ4v) is 4.32. The fourth-order valence-electron chi connectivity index (χ4n) is 4.32. The number of amides is 1. The van der Waals surface area contributed by atoms with Gasteiger partial charge in [0.05, 0.1) is 18.8 Å². The molecular formula is C24H31N3O3. The topological polar surface area (TPSA) is 54.9 Å². The largest absolute Gasteiger partial charge is 0.491 e. The lowest BCUT2D eigenvalue weighted by Crippen LogP contribution is -2.39. The van der Waals surface area contributed by atoms with E-state index in [9.17, 15) is 4.79 Å². The number of hydrogen-bond acceptors (Lipinski definition) is 5. The highest BCUT2D eigenvalue weighted by molar-refractivity contribution is 5.97. The first-order chi connectivity index (χ1) is 14.8. The number of carbonyl (C=O) groups excluding carboxylic acids is 1. The van der Waals surface area contributed by atoms with Gasteiger partial charge in [-0.1, -0.05) is 12.1 Å². The molecule has 1 aromatic heterocycles. The van der Waals surface area contributed by atoms with Crippen LogP contribution < -0.4 is 4.74 Å². The molecule has 2 aromatic rings. The van der Waals surface area contributed by atoms with E-state index >= 15 is 0 Å². The van der Waals surface area contributed by atoms with E-state index in [4.69, 9.17) is 9.47 Å². The van der Waals surface area contributed by atoms with Crippen LogP contribution in [-0.2, 0) is 11.2 Å². The number of nitrogens with zero attached hydrogens (tertiary/aromatic N) is 3. The highest BCUT2D eigenvalue weighted by atomic mass is 16.5. The van der Waals surface area contributed by atoms with Gasteiger partial charge in [0.15, 0.2) is 0 Å². The highest BCUT2D eigenvalue weighted by Gasteiger charge is 2.30. The lowest BCUT2D eigenvalue weighted by Gasteiger charge is -2.27. The lowest BCUT2D eigenvalue weighted by molar-refractivity contribution is 0.0321. The molecule has 3 heterocycles. The van der Waals surface area contributed by atoms with Crippen LogP contribution >= 0.6 is 0 Å². The van der Waals surface area contributed by atoms with E-state index in [1.54, 1.807) is 0 Å². The van der Waals surface area contributed by atoms with Crippen molar-refractivity contribution in [1.82, 2.24) is 14.8 Å². The molecular weight excluding hydrogens is 378 g/mol. The van der Waals surface area contributed by atoms with Gasteiger partial charge in [-0.15, -0.1) is 0 Å². The first-order valence-corrected chi connectivity index (χ1v) is 11.0. The number of aryl methyl sites for hydroxylation is 1. The van der Waals surface area contributed by atoms with E-state index in [0.717, 1.165) is 65.1 Å². The number of hydrogen-bond donors (Lipinski definition) is 0. The third kappa shape index (κ3) is 5.37. The van der Waals surface area contributed by atoms with Gasteiger partial charge >= 0.3 is 0 Å². The molecule has 160 valence electrons. The van der Waals surface area contributed by atoms with Crippen molar-refractivity contribution < 1.29 is 14.3 Å². The van der Waals surface area contributed by atoms with Crippen LogP contribution in [0.5, 0.6) is 5.75 Å². The number of ether oxygens (including phenoxy) is 2. The van der Waals surface area contributed by atoms with Gasteiger partial charge in [-0.2, -0.15) is 0 Å². The quantitative estimate of drug-likeness (QED) is 0.671. The maximum atomic E-state index is 13.4. The van der Waals surface area contributed by atoms with Crippen LogP contribution in [0.3, 0.4) is 0 Å². The Hall–Kier alpha value is -2.44. The highest BCUT2D eigenvalue weighted by Crippen LogP contribution is 2.27. The van der Waals surface area contributed by atoms with Crippen LogP contribution in [0.4, 0.5) is 0 Å². The molecule has 2 fully saturated rings. The van der Waals surface area contributed by atoms with Crippen molar-refractivity contribution in [2.45, 2.75) is 31.7 Å². The summed E-state index contributed by atoms with van der Waals surface area (Å²) in [6.45, 7) is 5.70. The van der Waals surface area contributed by atoms with Crippen molar-refractivity contribution in [3.63, 3.8) is 0 Å². The summed E-state index contributed by atoms with van der Waals surface area (Å²) in [5, 5.41) is 0. The van der Waals surface area contributed by atoms with Gasteiger partial charge in [0, 0.05) is 44.6 Å². The summed E-state index contributed by atoms with van der Waals surface area (Å²) in [7, 11) is 0. The normalized spacial score (nSPS) is 19.7. The maximum Gasteiger partial charge on any atom is 0.257 e. The van der Waals surface area contributed by atoms with Crippen LogP contribution in [0.15, 0.2) is 48.8 Å². The molecule has 1 aromatic carbocycles. The summed E-state index contributed by atoms with van der Waals surface area (Å²) in [4.78, 5) is 21.8. The van der Waals surface area contributed by atoms with Crippen LogP contribution in [0.1, 0.15) is 35.2 Å². The number of benzene rings is 1. The van der Waals surface area contributed by atoms with Crippen molar-refractivity contribution in [2.75, 3.05) is 46.0 Å². The Morgan fingerprint density at radius 2 is 1.90 bits per heavy atom. The SMILES string of the molecule is O=C(c1ccccc1OCCN1CCOCC1)N1CCCC1CCc1ccncc1. The van der Waals surface area contributed by atoms with Gasteiger partial charge in [0.2, 0.25) is 0 Å². The number of pyridine rings is 1. The van der Waals surface area contributed by atoms with E-state index in [2.05, 4.69) is 22.0 Å². The average Bonchev–Trinajstić information content (AvgIpc) is 3.28. The third-order valence-corrected chi connectivity index (χ3v) is 6.04. The molecule has 2 aliphatic heterocycles. The molecule has 6 heteroatoms. The van der Waals surface area contributed by atoms with E-state index in [0.29, 0.717) is 17.9 Å². The Morgan fingerprint density at radius 3 is 2.73 bits per heavy atom. The lowest BCUT2D eigenvalue weighted by atomic mass is 10.0. The first kappa shape index (κ1) is 20.8. The minimum absolute atomic E-state index is 0.0919. The molecule has 0 radical (unpaired) electrons. The summed E-state index contributed by atoms with van der Waals surface area (Å²) in [5.74, 6) is 0.782. The second kappa shape index (κ2) is 10.5. The number of morpholine rings is 1. The third-order valence-electron chi connectivity index (χ3n) is 6.04. The van der Waals surface area contributed by atoms with E-state index in [1.807, 2.05) is 41.6 Å². The number of rotatable bonds is 8. The van der Waals surface area contributed by atoms with Gasteiger partial charge < -0.3 is 14.4 Å². The molecule has 1 unspecified atom stereocenters. The Labute approximate surface area is 178 Å². The van der Waals surface area contributed by atoms with Gasteiger partial charge in [-0.25, -0.2) is 0 Å². The molecule has 4 rings (SSSR count). The number of aromatic nitrogens is 1. The molecule has 0 aliphatic carbocycles. The minimum Gasteiger partial charge on any atom is -0.491 e. The minimum atomic E-state index is 0.0919. The summed E-state index contributed by atoms with van der Waals surface area (Å²) >= 11 is 0. The number of carbonyl (C=O) groups is 1. The van der Waals surface area contributed by atoms with Crippen LogP contribution in [0.2, 0.25) is 0 Å². The van der Waals surface area contributed by atoms with Gasteiger partial charge in [0.1, 0.15) is 12.4 Å². The Kier molecular flexibility index (Phi) is 7.32. The Bertz CT molecular complexity index is 808. The zero-order valence-corrected chi connectivity index (χ0v) is 17.5. The number of para-hydroxylation sites is 1. The predicted octanol–water partition coefficient (Wildman–Crippen LogP) is 3.03. The molecule has 1 amide bonds. The van der Waals surface area contributed by atoms with Crippen molar-refractivity contribution in [1.29, 1.82) is 0 Å². The van der Waals surface area contributed by atoms with Crippen LogP contribution in [0.25, 0.3) is 0 Å². The van der Waals surface area contributed by atoms with E-state index < -0.39 is 0 Å². The second-order valence-corrected chi connectivity index (χ2v) is 7.99. The van der Waals surface area contributed by atoms with Gasteiger partial charge in [-0.05, 0) is 55.5 Å². The monoisotopic (exact) mass is 409 g/mol. The first-order valence-electron chi connectivity index (χ1n) is 11.0. The molecule has 1 atom stereocenters. The Morgan fingerprint density at radius 1 is 1.10 bits per heavy atom. The number of likely N-dealkylation sites (tertiary alicyclic amines) is 1. The molecule has 0 bridgehead atoms. The van der Waals surface area contributed by atoms with Crippen molar-refractivity contribution in [2.24, 2.45) is 0 Å². The molecule has 2 aliphatic rings. The maximum absolute atomic E-state index is 13.4. The molecule has 0 saturated carbocycles. The standard InChI is InChI=1S/C24H31N3O3/c28-24(27-13-3-4-21(27)8-7-20-9-11-25-12-10-20)22-5-1-2-6-23(22)30-19-16-26-14-17-29-18-15-26/h1-2,5-6,9-12,21H,3-4,7-8,13-19H2. The molecule has 30 heavy (non-hydrogen) atoms. The molecule has 2 saturated heterocycles. The second-order valence-electron chi connectivity index (χ2n) is 7.99. The summed E-state index contributed by atoms with van der Waals surface area (Å²) < 4.78 is 11.4. The summed E-state index contributed by atoms with van der Waals surface area (Å²) in [6.07, 6.45) is 7.74. The van der Waals surface area contributed by atoms with Gasteiger partial charge in [0.25, 0.3) is 5.91 Å². The van der Waals surface area contributed by atoms with E-state index in [-0.39, 0.29) is 11.9 Å². The Balaban J connectivity index is 1.35. The zero-order valence-electron chi connectivity index (χ0n) is 17.5. The van der Waals surface area contributed by atoms with E-state index in [1.165, 1.54) is 5.56 Å². The smallest absolute Gasteiger partial charge is 0.257 e. The van der Waals surface area contributed by atoms with Crippen molar-refractivity contribution in [3.8, 4) is 5.75 Å². The van der Waals surface area contributed by atoms with Crippen LogP contribution in [0, 0.1) is 0 Å². The van der Waals surface area contributed by atoms with Crippen molar-refractivity contribution in [3.05, 3.63) is 59.9 Å². The summed E-state index contributed by atoms with van der Waals surface area (Å²) in [6, 6.07) is 12.1.